The molecule has 3 rings (SSSR count). The predicted octanol–water partition coefficient (Wildman–Crippen LogP) is 14.2. The van der Waals surface area contributed by atoms with Crippen molar-refractivity contribution >= 4 is 22.6 Å². The zero-order valence-corrected chi connectivity index (χ0v) is 41.2. The van der Waals surface area contributed by atoms with Gasteiger partial charge in [0.25, 0.3) is 0 Å². The van der Waals surface area contributed by atoms with Gasteiger partial charge >= 0.3 is 0 Å². The molecule has 0 aromatic heterocycles. The minimum Gasteiger partial charge on any atom is -0.356 e. The van der Waals surface area contributed by atoms with E-state index in [0.717, 1.165) is 80.5 Å². The summed E-state index contributed by atoms with van der Waals surface area (Å²) in [6, 6.07) is 0. The van der Waals surface area contributed by atoms with Crippen molar-refractivity contribution in [3.8, 4) is 0 Å². The van der Waals surface area contributed by atoms with E-state index in [1.54, 1.807) is 53.8 Å². The Morgan fingerprint density at radius 2 is 1.05 bits per heavy atom. The Labute approximate surface area is 361 Å². The van der Waals surface area contributed by atoms with Crippen LogP contribution in [-0.4, -0.2) is 66.5 Å². The van der Waals surface area contributed by atoms with E-state index in [4.69, 9.17) is 28.4 Å². The Hall–Kier alpha value is -0.810. The maximum Gasteiger partial charge on any atom is 0.157 e. The normalized spacial score (nSPS) is 20.1. The average molecular weight is 901 g/mol. The second-order valence-corrected chi connectivity index (χ2v) is 17.4. The summed E-state index contributed by atoms with van der Waals surface area (Å²) in [5, 5.41) is 0. The first-order valence-electron chi connectivity index (χ1n) is 21.7. The molecule has 0 aromatic rings. The van der Waals surface area contributed by atoms with Crippen LogP contribution in [0.5, 0.6) is 0 Å². The van der Waals surface area contributed by atoms with Crippen LogP contribution >= 0.6 is 22.6 Å². The fourth-order valence-corrected chi connectivity index (χ4v) is 8.51. The molecule has 0 fully saturated rings. The predicted molar refractivity (Wildman–Crippen MR) is 249 cm³/mol. The Morgan fingerprint density at radius 1 is 0.607 bits per heavy atom. The van der Waals surface area contributed by atoms with Gasteiger partial charge in [0, 0.05) is 61.9 Å². The molecule has 7 heteroatoms. The first-order valence-corrected chi connectivity index (χ1v) is 23.8. The van der Waals surface area contributed by atoms with Crippen LogP contribution in [0.15, 0.2) is 58.2 Å². The largest absolute Gasteiger partial charge is 0.356 e. The van der Waals surface area contributed by atoms with Crippen molar-refractivity contribution in [2.75, 3.05) is 47.6 Å². The highest BCUT2D eigenvalue weighted by Crippen LogP contribution is 2.36. The highest BCUT2D eigenvalue weighted by atomic mass is 127. The SMILES string of the molecule is C=C1CC(CC(C)C)CC=C1CCC(OC)OC.CI.COC(CCC1=C(C)CC(CC(C)C)CC1)OC.COC(CCC1=CCC(CC(C)C)C=C1C)OC. The third-order valence-electron chi connectivity index (χ3n) is 11.3. The third kappa shape index (κ3) is 24.3. The molecule has 6 nitrogen and oxygen atoms in total. The minimum absolute atomic E-state index is 0.0429. The van der Waals surface area contributed by atoms with Crippen LogP contribution in [0.1, 0.15) is 152 Å². The molecule has 0 saturated heterocycles. The van der Waals surface area contributed by atoms with E-state index in [-0.39, 0.29) is 18.9 Å². The zero-order valence-electron chi connectivity index (χ0n) is 39.1. The lowest BCUT2D eigenvalue weighted by atomic mass is 9.79. The van der Waals surface area contributed by atoms with Crippen LogP contribution in [0.2, 0.25) is 0 Å². The van der Waals surface area contributed by atoms with Gasteiger partial charge in [-0.25, -0.2) is 0 Å². The second kappa shape index (κ2) is 33.0. The molecule has 0 heterocycles. The molecular weight excluding hydrogens is 811 g/mol. The lowest BCUT2D eigenvalue weighted by Crippen LogP contribution is -2.15. The third-order valence-corrected chi connectivity index (χ3v) is 11.3. The van der Waals surface area contributed by atoms with Crippen LogP contribution in [0.3, 0.4) is 0 Å². The van der Waals surface area contributed by atoms with E-state index in [9.17, 15) is 0 Å². The summed E-state index contributed by atoms with van der Waals surface area (Å²) in [4.78, 5) is 1.97. The molecule has 0 saturated carbocycles. The van der Waals surface area contributed by atoms with Crippen LogP contribution in [0.4, 0.5) is 0 Å². The maximum atomic E-state index is 5.25. The molecule has 0 aromatic carbocycles. The molecule has 0 radical (unpaired) electrons. The lowest BCUT2D eigenvalue weighted by molar-refractivity contribution is -0.106. The first-order chi connectivity index (χ1) is 26.7. The molecule has 3 unspecified atom stereocenters. The van der Waals surface area contributed by atoms with E-state index in [2.05, 4.69) is 103 Å². The topological polar surface area (TPSA) is 55.4 Å². The molecule has 0 bridgehead atoms. The molecule has 56 heavy (non-hydrogen) atoms. The molecule has 0 aliphatic heterocycles. The minimum atomic E-state index is -0.0907. The second-order valence-electron chi connectivity index (χ2n) is 17.4. The van der Waals surface area contributed by atoms with Crippen molar-refractivity contribution in [3.63, 3.8) is 0 Å². The quantitative estimate of drug-likeness (QED) is 0.0495. The summed E-state index contributed by atoms with van der Waals surface area (Å²) < 4.78 is 31.4. The van der Waals surface area contributed by atoms with Crippen LogP contribution in [-0.2, 0) is 28.4 Å². The van der Waals surface area contributed by atoms with Gasteiger partial charge in [-0.15, -0.1) is 0 Å². The number of alkyl halides is 1. The molecule has 3 aliphatic carbocycles. The Bertz CT molecular complexity index is 1100. The highest BCUT2D eigenvalue weighted by Gasteiger charge is 2.21. The van der Waals surface area contributed by atoms with Crippen molar-refractivity contribution in [1.82, 2.24) is 0 Å². The first kappa shape index (κ1) is 55.2. The fourth-order valence-electron chi connectivity index (χ4n) is 8.51. The Balaban J connectivity index is 0.000000792. The van der Waals surface area contributed by atoms with Crippen LogP contribution < -0.4 is 0 Å². The molecule has 3 atom stereocenters. The molecule has 0 amide bonds. The van der Waals surface area contributed by atoms with Crippen molar-refractivity contribution in [3.05, 3.63) is 58.2 Å². The van der Waals surface area contributed by atoms with Crippen molar-refractivity contribution in [2.24, 2.45) is 35.5 Å². The molecule has 3 aliphatic rings. The van der Waals surface area contributed by atoms with Gasteiger partial charge in [0.2, 0.25) is 0 Å². The smallest absolute Gasteiger partial charge is 0.157 e. The fraction of sp³-hybridized carbons (Fsp3) is 0.796. The van der Waals surface area contributed by atoms with Gasteiger partial charge in [-0.1, -0.05) is 111 Å². The zero-order chi connectivity index (χ0) is 42.6. The van der Waals surface area contributed by atoms with E-state index >= 15 is 0 Å². The van der Waals surface area contributed by atoms with Crippen molar-refractivity contribution < 1.29 is 28.4 Å². The number of rotatable bonds is 21. The van der Waals surface area contributed by atoms with Gasteiger partial charge in [-0.2, -0.15) is 0 Å². The van der Waals surface area contributed by atoms with Gasteiger partial charge in [-0.05, 0) is 142 Å². The van der Waals surface area contributed by atoms with Crippen molar-refractivity contribution in [1.29, 1.82) is 0 Å². The van der Waals surface area contributed by atoms with E-state index in [1.807, 2.05) is 4.93 Å². The molecule has 0 spiro atoms. The maximum absolute atomic E-state index is 5.25. The number of methoxy groups -OCH3 is 6. The van der Waals surface area contributed by atoms with Gasteiger partial charge < -0.3 is 28.4 Å². The monoisotopic (exact) mass is 901 g/mol. The van der Waals surface area contributed by atoms with Crippen LogP contribution in [0.25, 0.3) is 0 Å². The summed E-state index contributed by atoms with van der Waals surface area (Å²) in [7, 11) is 10.2. The summed E-state index contributed by atoms with van der Waals surface area (Å²) in [5.41, 5.74) is 8.91. The van der Waals surface area contributed by atoms with E-state index in [0.29, 0.717) is 0 Å². The van der Waals surface area contributed by atoms with Crippen molar-refractivity contribution in [2.45, 2.75) is 171 Å². The van der Waals surface area contributed by atoms with E-state index < -0.39 is 0 Å². The van der Waals surface area contributed by atoms with Gasteiger partial charge in [-0.3, -0.25) is 0 Å². The molecule has 328 valence electrons. The van der Waals surface area contributed by atoms with E-state index in [1.165, 1.54) is 73.7 Å². The lowest BCUT2D eigenvalue weighted by Gasteiger charge is -2.27. The van der Waals surface area contributed by atoms with Gasteiger partial charge in [0.15, 0.2) is 18.9 Å². The summed E-state index contributed by atoms with van der Waals surface area (Å²) in [6.07, 6.45) is 24.5. The summed E-state index contributed by atoms with van der Waals surface area (Å²) in [6.45, 7) is 22.6. The van der Waals surface area contributed by atoms with Crippen LogP contribution in [0, 0.1) is 35.5 Å². The van der Waals surface area contributed by atoms with Gasteiger partial charge in [0.1, 0.15) is 0 Å². The molecular formula is C49H89IO6. The number of hydrogen-bond acceptors (Lipinski definition) is 6. The molecule has 0 N–H and O–H groups in total. The summed E-state index contributed by atoms with van der Waals surface area (Å²) >= 11 is 2.15. The van der Waals surface area contributed by atoms with Gasteiger partial charge in [0.05, 0.1) is 0 Å². The number of allylic oxidation sites excluding steroid dienone is 9. The Morgan fingerprint density at radius 3 is 1.48 bits per heavy atom. The Kier molecular flexibility index (Phi) is 32.5. The summed E-state index contributed by atoms with van der Waals surface area (Å²) in [5.74, 6) is 4.82. The highest BCUT2D eigenvalue weighted by molar-refractivity contribution is 14.1. The average Bonchev–Trinajstić information content (AvgIpc) is 3.15. The number of halogens is 1. The number of ether oxygens (including phenoxy) is 6. The number of hydrogen-bond donors (Lipinski definition) is 0. The standard InChI is InChI=1S/C16H30O2.2C16H28O2.CH3I/c3*1-12(2)10-14-6-7-15(13(3)11-14)8-9-16(17-4)18-5;1-2/h12,14,16H,6-11H2,1-5H3;7,11-12,14,16H,6,8-10H2,1-5H3;7,12,14,16H,3,6,8-11H2,1-2,4-5H3;1H3.